The van der Waals surface area contributed by atoms with E-state index < -0.39 is 29.8 Å². The van der Waals surface area contributed by atoms with Crippen LogP contribution in [0.25, 0.3) is 11.4 Å². The number of imide groups is 1. The maximum absolute atomic E-state index is 14.5. The molecule has 1 saturated heterocycles. The molecule has 9 nitrogen and oxygen atoms in total. The Kier molecular flexibility index (Phi) is 5.83. The van der Waals surface area contributed by atoms with Gasteiger partial charge in [0.2, 0.25) is 5.91 Å². The van der Waals surface area contributed by atoms with E-state index in [1.54, 1.807) is 6.07 Å². The molecule has 0 unspecified atom stereocenters. The molecule has 34 heavy (non-hydrogen) atoms. The number of nitrogens with zero attached hydrogens (tertiary/aromatic N) is 4. The molecule has 180 valence electrons. The number of benzene rings is 1. The Balaban J connectivity index is 1.31. The number of fused-ring (bicyclic) bond motifs is 1. The zero-order chi connectivity index (χ0) is 23.9. The first kappa shape index (κ1) is 22.5. The highest BCUT2D eigenvalue weighted by Gasteiger charge is 2.52. The van der Waals surface area contributed by atoms with Crippen LogP contribution < -0.4 is 10.6 Å². The first-order chi connectivity index (χ1) is 16.4. The summed E-state index contributed by atoms with van der Waals surface area (Å²) in [6.07, 6.45) is 6.88. The maximum atomic E-state index is 14.5. The van der Waals surface area contributed by atoms with E-state index in [4.69, 9.17) is 0 Å². The van der Waals surface area contributed by atoms with Crippen molar-refractivity contribution in [2.24, 2.45) is 5.92 Å². The summed E-state index contributed by atoms with van der Waals surface area (Å²) >= 11 is 0. The summed E-state index contributed by atoms with van der Waals surface area (Å²) in [6.45, 7) is 2.45. The van der Waals surface area contributed by atoms with Crippen LogP contribution in [0, 0.1) is 11.7 Å². The van der Waals surface area contributed by atoms with E-state index in [1.165, 1.54) is 12.1 Å². The summed E-state index contributed by atoms with van der Waals surface area (Å²) in [7, 11) is 0. The molecule has 4 amide bonds. The van der Waals surface area contributed by atoms with Crippen LogP contribution >= 0.6 is 0 Å². The number of aromatic nitrogens is 3. The molecule has 0 atom stereocenters. The fraction of sp³-hybridized carbons (Fsp3) is 0.542. The third-order valence-electron chi connectivity index (χ3n) is 7.28. The first-order valence-electron chi connectivity index (χ1n) is 12.0. The minimum Gasteiger partial charge on any atom is -0.323 e. The molecule has 2 aliphatic heterocycles. The molecule has 3 heterocycles. The van der Waals surface area contributed by atoms with Gasteiger partial charge in [0.25, 0.3) is 5.91 Å². The zero-order valence-corrected chi connectivity index (χ0v) is 19.3. The van der Waals surface area contributed by atoms with E-state index in [-0.39, 0.29) is 11.6 Å². The topological polar surface area (TPSA) is 109 Å². The van der Waals surface area contributed by atoms with Gasteiger partial charge in [0.15, 0.2) is 5.82 Å². The number of amides is 4. The highest BCUT2D eigenvalue weighted by Crippen LogP contribution is 2.36. The fourth-order valence-electron chi connectivity index (χ4n) is 5.21. The number of aryl methyl sites for hydroxylation is 1. The molecule has 0 bridgehead atoms. The van der Waals surface area contributed by atoms with Gasteiger partial charge in [-0.2, -0.15) is 0 Å². The van der Waals surface area contributed by atoms with Gasteiger partial charge in [-0.05, 0) is 62.6 Å². The summed E-state index contributed by atoms with van der Waals surface area (Å²) in [5.74, 6) is 0.425. The van der Waals surface area contributed by atoms with Crippen LogP contribution in [0.4, 0.5) is 14.9 Å². The van der Waals surface area contributed by atoms with Crippen molar-refractivity contribution in [2.45, 2.75) is 70.4 Å². The molecule has 0 radical (unpaired) electrons. The zero-order valence-electron chi connectivity index (χ0n) is 19.3. The molecule has 2 aromatic rings. The number of nitrogens with one attached hydrogen (secondary N) is 2. The highest BCUT2D eigenvalue weighted by molar-refractivity contribution is 6.10. The molecule has 1 aliphatic carbocycles. The third kappa shape index (κ3) is 4.05. The van der Waals surface area contributed by atoms with Gasteiger partial charge in [-0.25, -0.2) is 9.18 Å². The van der Waals surface area contributed by atoms with Crippen molar-refractivity contribution in [2.75, 3.05) is 11.9 Å². The number of anilines is 1. The van der Waals surface area contributed by atoms with Crippen LogP contribution in [-0.2, 0) is 22.6 Å². The molecule has 1 saturated carbocycles. The molecule has 1 aromatic carbocycles. The predicted molar refractivity (Wildman–Crippen MR) is 122 cm³/mol. The van der Waals surface area contributed by atoms with E-state index in [2.05, 4.69) is 27.8 Å². The van der Waals surface area contributed by atoms with Gasteiger partial charge < -0.3 is 15.2 Å². The van der Waals surface area contributed by atoms with Crippen molar-refractivity contribution in [3.05, 3.63) is 29.8 Å². The van der Waals surface area contributed by atoms with Gasteiger partial charge in [-0.15, -0.1) is 10.2 Å². The molecule has 5 rings (SSSR count). The van der Waals surface area contributed by atoms with E-state index >= 15 is 0 Å². The van der Waals surface area contributed by atoms with Crippen molar-refractivity contribution < 1.29 is 18.8 Å². The SMILES string of the molecule is CC1CCC2(CC1)NC(=O)N(CC(=O)Nc1cc(-c3nnc4n3CCCCC4)ccc1F)C2=O. The Labute approximate surface area is 197 Å². The second kappa shape index (κ2) is 8.81. The largest absolute Gasteiger partial charge is 0.325 e. The summed E-state index contributed by atoms with van der Waals surface area (Å²) < 4.78 is 16.6. The van der Waals surface area contributed by atoms with Crippen LogP contribution in [-0.4, -0.2) is 49.6 Å². The van der Waals surface area contributed by atoms with Gasteiger partial charge in [0.05, 0.1) is 5.69 Å². The van der Waals surface area contributed by atoms with Crippen molar-refractivity contribution in [1.29, 1.82) is 0 Å². The van der Waals surface area contributed by atoms with Gasteiger partial charge in [-0.1, -0.05) is 13.3 Å². The number of rotatable bonds is 4. The highest BCUT2D eigenvalue weighted by atomic mass is 19.1. The number of hydrogen-bond acceptors (Lipinski definition) is 5. The molecule has 2 N–H and O–H groups in total. The van der Waals surface area contributed by atoms with Crippen molar-refractivity contribution in [1.82, 2.24) is 25.0 Å². The lowest BCUT2D eigenvalue weighted by Gasteiger charge is -2.33. The van der Waals surface area contributed by atoms with Gasteiger partial charge >= 0.3 is 6.03 Å². The standard InChI is InChI=1S/C24H29FN6O3/c1-15-8-10-24(11-9-15)22(33)31(23(34)27-24)14-20(32)26-18-13-16(6-7-17(18)25)21-29-28-19-5-3-2-4-12-30(19)21/h6-7,13,15H,2-5,8-12,14H2,1H3,(H,26,32)(H,27,34). The minimum absolute atomic E-state index is 0.0262. The summed E-state index contributed by atoms with van der Waals surface area (Å²) in [4.78, 5) is 39.2. The number of carbonyl (C=O) groups is 3. The van der Waals surface area contributed by atoms with Crippen LogP contribution in [0.2, 0.25) is 0 Å². The average molecular weight is 469 g/mol. The van der Waals surface area contributed by atoms with Crippen LogP contribution in [0.3, 0.4) is 0 Å². The lowest BCUT2D eigenvalue weighted by atomic mass is 9.77. The van der Waals surface area contributed by atoms with E-state index in [9.17, 15) is 18.8 Å². The molecule has 2 fully saturated rings. The Morgan fingerprint density at radius 1 is 1.21 bits per heavy atom. The first-order valence-corrected chi connectivity index (χ1v) is 12.0. The third-order valence-corrected chi connectivity index (χ3v) is 7.28. The van der Waals surface area contributed by atoms with E-state index in [1.807, 2.05) is 4.57 Å². The number of halogens is 1. The van der Waals surface area contributed by atoms with Crippen LogP contribution in [0.15, 0.2) is 18.2 Å². The Bertz CT molecular complexity index is 1140. The summed E-state index contributed by atoms with van der Waals surface area (Å²) in [6, 6.07) is 3.83. The predicted octanol–water partition coefficient (Wildman–Crippen LogP) is 3.25. The molecule has 10 heteroatoms. The molecule has 3 aliphatic rings. The Hall–Kier alpha value is -3.30. The summed E-state index contributed by atoms with van der Waals surface area (Å²) in [5.41, 5.74) is -0.301. The van der Waals surface area contributed by atoms with Crippen molar-refractivity contribution in [3.63, 3.8) is 0 Å². The molecule has 1 spiro atoms. The maximum Gasteiger partial charge on any atom is 0.325 e. The minimum atomic E-state index is -0.916. The summed E-state index contributed by atoms with van der Waals surface area (Å²) in [5, 5.41) is 13.9. The average Bonchev–Trinajstić information content (AvgIpc) is 3.20. The smallest absolute Gasteiger partial charge is 0.323 e. The molecular formula is C24H29FN6O3. The monoisotopic (exact) mass is 468 g/mol. The van der Waals surface area contributed by atoms with E-state index in [0.717, 1.165) is 55.8 Å². The second-order valence-corrected chi connectivity index (χ2v) is 9.73. The number of hydrogen-bond donors (Lipinski definition) is 2. The normalized spacial score (nSPS) is 24.6. The second-order valence-electron chi connectivity index (χ2n) is 9.73. The van der Waals surface area contributed by atoms with E-state index in [0.29, 0.717) is 30.1 Å². The van der Waals surface area contributed by atoms with Crippen molar-refractivity contribution in [3.8, 4) is 11.4 Å². The van der Waals surface area contributed by atoms with Gasteiger partial charge in [0.1, 0.15) is 23.7 Å². The van der Waals surface area contributed by atoms with Crippen LogP contribution in [0.1, 0.15) is 57.7 Å². The lowest BCUT2D eigenvalue weighted by molar-refractivity contribution is -0.135. The van der Waals surface area contributed by atoms with Gasteiger partial charge in [0, 0.05) is 18.5 Å². The fourth-order valence-corrected chi connectivity index (χ4v) is 5.21. The number of carbonyl (C=O) groups excluding carboxylic acids is 3. The van der Waals surface area contributed by atoms with Crippen molar-refractivity contribution >= 4 is 23.5 Å². The Morgan fingerprint density at radius 3 is 2.79 bits per heavy atom. The van der Waals surface area contributed by atoms with Crippen LogP contribution in [0.5, 0.6) is 0 Å². The van der Waals surface area contributed by atoms with Gasteiger partial charge in [-0.3, -0.25) is 14.5 Å². The molecule has 1 aromatic heterocycles. The number of urea groups is 1. The quantitative estimate of drug-likeness (QED) is 0.670. The molecular weight excluding hydrogens is 439 g/mol. The Morgan fingerprint density at radius 2 is 2.00 bits per heavy atom. The lowest BCUT2D eigenvalue weighted by Crippen LogP contribution is -2.49.